The molecule has 1 aromatic carbocycles. The van der Waals surface area contributed by atoms with E-state index in [4.69, 9.17) is 18.9 Å². The molecule has 0 radical (unpaired) electrons. The average molecular weight is 310 g/mol. The first-order valence-electron chi connectivity index (χ1n) is 7.45. The van der Waals surface area contributed by atoms with Crippen LogP contribution in [0.3, 0.4) is 0 Å². The number of hydrogen-bond acceptors (Lipinski definition) is 6. The molecule has 2 heterocycles. The largest absolute Gasteiger partial charge is 0.387 e. The summed E-state index contributed by atoms with van der Waals surface area (Å²) in [6.07, 6.45) is -4.26. The van der Waals surface area contributed by atoms with Crippen LogP contribution >= 0.6 is 0 Å². The number of aliphatic hydroxyl groups excluding tert-OH is 2. The second-order valence-corrected chi connectivity index (χ2v) is 6.11. The van der Waals surface area contributed by atoms with Gasteiger partial charge in [0.2, 0.25) is 0 Å². The molecule has 5 atom stereocenters. The average Bonchev–Trinajstić information content (AvgIpc) is 2.51. The molecule has 6 heteroatoms. The highest BCUT2D eigenvalue weighted by atomic mass is 16.8. The minimum atomic E-state index is -1.17. The number of benzene rings is 1. The van der Waals surface area contributed by atoms with Crippen molar-refractivity contribution in [2.75, 3.05) is 6.61 Å². The van der Waals surface area contributed by atoms with Crippen molar-refractivity contribution >= 4 is 0 Å². The zero-order valence-electron chi connectivity index (χ0n) is 12.7. The predicted molar refractivity (Wildman–Crippen MR) is 76.8 cm³/mol. The monoisotopic (exact) mass is 310 g/mol. The smallest absolute Gasteiger partial charge is 0.187 e. The number of hydrogen-bond donors (Lipinski definition) is 2. The molecular weight excluding hydrogens is 288 g/mol. The van der Waals surface area contributed by atoms with E-state index < -0.39 is 36.5 Å². The molecule has 22 heavy (non-hydrogen) atoms. The Balaban J connectivity index is 1.63. The zero-order chi connectivity index (χ0) is 15.7. The molecule has 2 aliphatic heterocycles. The fourth-order valence-electron chi connectivity index (χ4n) is 2.72. The van der Waals surface area contributed by atoms with Crippen molar-refractivity contribution in [1.29, 1.82) is 0 Å². The van der Waals surface area contributed by atoms with Crippen LogP contribution in [0.2, 0.25) is 0 Å². The Morgan fingerprint density at radius 3 is 2.64 bits per heavy atom. The maximum absolute atomic E-state index is 10.3. The summed E-state index contributed by atoms with van der Waals surface area (Å²) in [5.74, 6) is -0.803. The second-order valence-electron chi connectivity index (χ2n) is 6.11. The highest BCUT2D eigenvalue weighted by molar-refractivity contribution is 5.13. The summed E-state index contributed by atoms with van der Waals surface area (Å²) in [7, 11) is 0. The van der Waals surface area contributed by atoms with E-state index in [0.717, 1.165) is 5.56 Å². The third-order valence-corrected chi connectivity index (χ3v) is 3.91. The lowest BCUT2D eigenvalue weighted by atomic mass is 9.97. The first-order valence-corrected chi connectivity index (χ1v) is 7.45. The summed E-state index contributed by atoms with van der Waals surface area (Å²) in [5, 5.41) is 20.5. The first kappa shape index (κ1) is 15.9. The number of aliphatic hydroxyl groups is 2. The molecule has 2 saturated heterocycles. The Kier molecular flexibility index (Phi) is 4.49. The number of rotatable bonds is 3. The number of fused-ring (bicyclic) bond motifs is 1. The van der Waals surface area contributed by atoms with E-state index in [0.29, 0.717) is 6.61 Å². The quantitative estimate of drug-likeness (QED) is 0.860. The van der Waals surface area contributed by atoms with Gasteiger partial charge in [0.05, 0.1) is 13.2 Å². The van der Waals surface area contributed by atoms with Crippen LogP contribution in [0.5, 0.6) is 0 Å². The normalized spacial score (nSPS) is 37.5. The lowest BCUT2D eigenvalue weighted by Gasteiger charge is -2.48. The summed E-state index contributed by atoms with van der Waals surface area (Å²) < 4.78 is 22.5. The molecule has 3 rings (SSSR count). The van der Waals surface area contributed by atoms with Gasteiger partial charge in [0.15, 0.2) is 12.1 Å². The van der Waals surface area contributed by atoms with E-state index in [-0.39, 0.29) is 6.61 Å². The van der Waals surface area contributed by atoms with E-state index in [1.54, 1.807) is 13.8 Å². The third kappa shape index (κ3) is 3.32. The van der Waals surface area contributed by atoms with Crippen LogP contribution in [-0.2, 0) is 25.6 Å². The van der Waals surface area contributed by atoms with Gasteiger partial charge in [-0.15, -0.1) is 0 Å². The molecule has 0 aliphatic carbocycles. The van der Waals surface area contributed by atoms with Gasteiger partial charge in [-0.05, 0) is 19.4 Å². The van der Waals surface area contributed by atoms with E-state index in [1.165, 1.54) is 0 Å². The number of ether oxygens (including phenoxy) is 4. The molecule has 1 aromatic rings. The molecule has 122 valence electrons. The van der Waals surface area contributed by atoms with Crippen molar-refractivity contribution in [3.63, 3.8) is 0 Å². The Bertz CT molecular complexity index is 489. The van der Waals surface area contributed by atoms with E-state index >= 15 is 0 Å². The zero-order valence-corrected chi connectivity index (χ0v) is 12.7. The Morgan fingerprint density at radius 2 is 1.91 bits per heavy atom. The highest BCUT2D eigenvalue weighted by Crippen LogP contribution is 2.32. The topological polar surface area (TPSA) is 77.4 Å². The van der Waals surface area contributed by atoms with E-state index in [1.807, 2.05) is 30.3 Å². The van der Waals surface area contributed by atoms with Crippen molar-refractivity contribution in [1.82, 2.24) is 0 Å². The molecule has 0 saturated carbocycles. The van der Waals surface area contributed by atoms with E-state index in [9.17, 15) is 10.2 Å². The van der Waals surface area contributed by atoms with Crippen molar-refractivity contribution < 1.29 is 29.2 Å². The van der Waals surface area contributed by atoms with Gasteiger partial charge in [0.1, 0.15) is 24.4 Å². The van der Waals surface area contributed by atoms with E-state index in [2.05, 4.69) is 0 Å². The van der Waals surface area contributed by atoms with Crippen LogP contribution in [-0.4, -0.2) is 53.3 Å². The van der Waals surface area contributed by atoms with Crippen LogP contribution in [0.15, 0.2) is 30.3 Å². The van der Waals surface area contributed by atoms with Crippen molar-refractivity contribution in [3.05, 3.63) is 35.9 Å². The lowest BCUT2D eigenvalue weighted by molar-refractivity contribution is -0.383. The Hall–Kier alpha value is -1.02. The van der Waals surface area contributed by atoms with Crippen molar-refractivity contribution in [3.8, 4) is 0 Å². The van der Waals surface area contributed by atoms with Crippen LogP contribution in [0.25, 0.3) is 0 Å². The van der Waals surface area contributed by atoms with Crippen LogP contribution in [0.1, 0.15) is 19.4 Å². The minimum absolute atomic E-state index is 0.284. The molecule has 0 bridgehead atoms. The van der Waals surface area contributed by atoms with Gasteiger partial charge in [-0.2, -0.15) is 0 Å². The molecule has 2 fully saturated rings. The second kappa shape index (κ2) is 6.23. The molecule has 2 N–H and O–H groups in total. The van der Waals surface area contributed by atoms with Crippen LogP contribution < -0.4 is 0 Å². The highest BCUT2D eigenvalue weighted by Gasteiger charge is 2.50. The maximum atomic E-state index is 10.3. The van der Waals surface area contributed by atoms with Gasteiger partial charge in [-0.3, -0.25) is 0 Å². The summed E-state index contributed by atoms with van der Waals surface area (Å²) in [4.78, 5) is 0. The van der Waals surface area contributed by atoms with Gasteiger partial charge in [-0.25, -0.2) is 0 Å². The van der Waals surface area contributed by atoms with Gasteiger partial charge < -0.3 is 29.2 Å². The van der Waals surface area contributed by atoms with Crippen LogP contribution in [0, 0.1) is 0 Å². The lowest BCUT2D eigenvalue weighted by Crippen LogP contribution is -2.64. The summed E-state index contributed by atoms with van der Waals surface area (Å²) in [6.45, 7) is 4.10. The molecular formula is C16H22O6. The van der Waals surface area contributed by atoms with Gasteiger partial charge in [0.25, 0.3) is 0 Å². The van der Waals surface area contributed by atoms with Gasteiger partial charge in [-0.1, -0.05) is 30.3 Å². The molecule has 6 nitrogen and oxygen atoms in total. The first-order chi connectivity index (χ1) is 10.5. The molecule has 0 aromatic heterocycles. The minimum Gasteiger partial charge on any atom is -0.387 e. The van der Waals surface area contributed by atoms with Gasteiger partial charge in [0, 0.05) is 0 Å². The molecule has 0 amide bonds. The fraction of sp³-hybridized carbons (Fsp3) is 0.625. The van der Waals surface area contributed by atoms with Crippen molar-refractivity contribution in [2.24, 2.45) is 0 Å². The summed E-state index contributed by atoms with van der Waals surface area (Å²) in [5.41, 5.74) is 0.965. The third-order valence-electron chi connectivity index (χ3n) is 3.91. The predicted octanol–water partition coefficient (Wildman–Crippen LogP) is 0.801. The summed E-state index contributed by atoms with van der Waals surface area (Å²) >= 11 is 0. The Morgan fingerprint density at radius 1 is 1.18 bits per heavy atom. The Labute approximate surface area is 129 Å². The molecule has 2 aliphatic rings. The van der Waals surface area contributed by atoms with Gasteiger partial charge >= 0.3 is 0 Å². The maximum Gasteiger partial charge on any atom is 0.187 e. The SMILES string of the molecule is CC1(C)OC[C@H]2O[C@H](OCc3ccccc3)[C@@H](O)[C@@H](O)[C@@H]2O1. The summed E-state index contributed by atoms with van der Waals surface area (Å²) in [6, 6.07) is 9.58. The fourth-order valence-corrected chi connectivity index (χ4v) is 2.72. The van der Waals surface area contributed by atoms with Crippen LogP contribution in [0.4, 0.5) is 0 Å². The standard InChI is InChI=1S/C16H22O6/c1-16(2)20-9-11-14(22-16)12(17)13(18)15(21-11)19-8-10-6-4-3-5-7-10/h3-7,11-15,17-18H,8-9H2,1-2H3/t11-,12-,13+,14-,15+/m1/s1. The van der Waals surface area contributed by atoms with Crippen molar-refractivity contribution in [2.45, 2.75) is 56.9 Å². The molecule has 0 spiro atoms. The molecule has 0 unspecified atom stereocenters.